The largest absolute Gasteiger partial charge is 0.463 e. The number of nitrogens with one attached hydrogen (secondary N) is 1. The van der Waals surface area contributed by atoms with Crippen LogP contribution in [0.4, 0.5) is 4.39 Å². The molecule has 0 spiro atoms. The highest BCUT2D eigenvalue weighted by Crippen LogP contribution is 2.35. The van der Waals surface area contributed by atoms with Crippen molar-refractivity contribution in [2.75, 3.05) is 6.61 Å². The van der Waals surface area contributed by atoms with Crippen LogP contribution in [0.2, 0.25) is 5.02 Å². The minimum Gasteiger partial charge on any atom is -0.463 e. The number of alkyl halides is 1. The summed E-state index contributed by atoms with van der Waals surface area (Å²) in [5, 5.41) is 6.04. The molecule has 0 bridgehead atoms. The van der Waals surface area contributed by atoms with Crippen LogP contribution < -0.4 is 0 Å². The Morgan fingerprint density at radius 1 is 1.61 bits per heavy atom. The van der Waals surface area contributed by atoms with Crippen molar-refractivity contribution < 1.29 is 13.9 Å². The zero-order valence-corrected chi connectivity index (χ0v) is 18.3. The first-order valence-electron chi connectivity index (χ1n) is 8.68. The first-order valence-corrected chi connectivity index (χ1v) is 10.3. The minimum absolute atomic E-state index is 0.0421. The lowest BCUT2D eigenvalue weighted by Crippen LogP contribution is -2.21. The van der Waals surface area contributed by atoms with Crippen molar-refractivity contribution >= 4 is 56.6 Å². The number of ether oxygens (including phenoxy) is 1. The lowest BCUT2D eigenvalue weighted by atomic mass is 10.1. The third-order valence-electron chi connectivity index (χ3n) is 4.93. The number of aromatic nitrogens is 4. The lowest BCUT2D eigenvalue weighted by molar-refractivity contribution is -0.141. The van der Waals surface area contributed by atoms with Crippen molar-refractivity contribution in [2.24, 2.45) is 0 Å². The maximum absolute atomic E-state index is 14.0. The molecule has 1 aliphatic heterocycles. The second-order valence-electron chi connectivity index (χ2n) is 6.88. The van der Waals surface area contributed by atoms with Gasteiger partial charge < -0.3 is 14.3 Å². The molecule has 10 heteroatoms. The molecule has 3 heterocycles. The van der Waals surface area contributed by atoms with Gasteiger partial charge in [0.15, 0.2) is 4.77 Å². The SMILES string of the molecule is CC(=O)OCC(c1[nH]c(=S)n2c1C[C@@H](F)C2)n1cc2c(C)cc(Br)c(Cl)c2n1. The van der Waals surface area contributed by atoms with Gasteiger partial charge in [0.1, 0.15) is 24.3 Å². The maximum Gasteiger partial charge on any atom is 0.302 e. The van der Waals surface area contributed by atoms with Crippen LogP contribution in [-0.2, 0) is 22.5 Å². The van der Waals surface area contributed by atoms with E-state index < -0.39 is 18.2 Å². The molecule has 1 aliphatic rings. The molecular weight excluding hydrogens is 471 g/mol. The van der Waals surface area contributed by atoms with Crippen LogP contribution in [0.25, 0.3) is 10.9 Å². The number of H-pyrrole nitrogens is 1. The Hall–Kier alpha value is -1.71. The fraction of sp³-hybridized carbons (Fsp3) is 0.389. The first-order chi connectivity index (χ1) is 13.3. The number of carbonyl (C=O) groups excluding carboxylic acids is 1. The third kappa shape index (κ3) is 3.29. The first kappa shape index (κ1) is 19.6. The van der Waals surface area contributed by atoms with Crippen LogP contribution in [0.5, 0.6) is 0 Å². The second-order valence-corrected chi connectivity index (χ2v) is 8.50. The Morgan fingerprint density at radius 2 is 2.36 bits per heavy atom. The molecule has 1 N–H and O–H groups in total. The van der Waals surface area contributed by atoms with E-state index in [1.807, 2.05) is 19.2 Å². The molecule has 2 atom stereocenters. The average Bonchev–Trinajstić information content (AvgIpc) is 3.29. The third-order valence-corrected chi connectivity index (χ3v) is 6.49. The van der Waals surface area contributed by atoms with E-state index in [-0.39, 0.29) is 19.6 Å². The highest BCUT2D eigenvalue weighted by atomic mass is 79.9. The Labute approximate surface area is 178 Å². The smallest absolute Gasteiger partial charge is 0.302 e. The molecule has 0 saturated carbocycles. The van der Waals surface area contributed by atoms with Crippen LogP contribution in [0, 0.1) is 11.7 Å². The van der Waals surface area contributed by atoms with E-state index in [2.05, 4.69) is 26.0 Å². The van der Waals surface area contributed by atoms with E-state index in [0.717, 1.165) is 21.1 Å². The van der Waals surface area contributed by atoms with Crippen molar-refractivity contribution in [3.63, 3.8) is 0 Å². The topological polar surface area (TPSA) is 64.8 Å². The molecule has 1 aromatic carbocycles. The number of aryl methyl sites for hydroxylation is 1. The standard InChI is InChI=1S/C18H17BrClFN4O2S/c1-8-3-12(19)15(20)16-11(8)6-25(23-16)14(7-27-9(2)26)17-13-4-10(21)5-24(13)18(28)22-17/h3,6,10,14H,4-5,7H2,1-2H3,(H,22,28)/t10-,14?/m1/s1. The van der Waals surface area contributed by atoms with E-state index in [1.165, 1.54) is 6.92 Å². The van der Waals surface area contributed by atoms with Gasteiger partial charge in [-0.25, -0.2) is 4.39 Å². The Bertz CT molecular complexity index is 1150. The number of fused-ring (bicyclic) bond motifs is 2. The maximum atomic E-state index is 14.0. The minimum atomic E-state index is -0.983. The molecule has 4 rings (SSSR count). The van der Waals surface area contributed by atoms with Crippen molar-refractivity contribution in [1.29, 1.82) is 0 Å². The number of esters is 1. The molecule has 3 aromatic rings. The van der Waals surface area contributed by atoms with Gasteiger partial charge >= 0.3 is 5.97 Å². The number of hydrogen-bond acceptors (Lipinski definition) is 4. The van der Waals surface area contributed by atoms with Gasteiger partial charge in [0.05, 0.1) is 17.3 Å². The highest BCUT2D eigenvalue weighted by Gasteiger charge is 2.31. The predicted octanol–water partition coefficient (Wildman–Crippen LogP) is 4.67. The fourth-order valence-electron chi connectivity index (χ4n) is 3.62. The van der Waals surface area contributed by atoms with E-state index in [9.17, 15) is 9.18 Å². The van der Waals surface area contributed by atoms with Crippen LogP contribution in [0.1, 0.15) is 29.9 Å². The van der Waals surface area contributed by atoms with Gasteiger partial charge in [0.2, 0.25) is 0 Å². The predicted molar refractivity (Wildman–Crippen MR) is 110 cm³/mol. The Morgan fingerprint density at radius 3 is 3.07 bits per heavy atom. The zero-order chi connectivity index (χ0) is 20.2. The number of rotatable bonds is 4. The summed E-state index contributed by atoms with van der Waals surface area (Å²) in [7, 11) is 0. The Kier molecular flexibility index (Phi) is 5.09. The van der Waals surface area contributed by atoms with Gasteiger partial charge in [-0.05, 0) is 46.7 Å². The van der Waals surface area contributed by atoms with Gasteiger partial charge in [-0.3, -0.25) is 9.48 Å². The van der Waals surface area contributed by atoms with Gasteiger partial charge in [-0.1, -0.05) is 11.6 Å². The summed E-state index contributed by atoms with van der Waals surface area (Å²) >= 11 is 15.2. The molecule has 0 fully saturated rings. The summed E-state index contributed by atoms with van der Waals surface area (Å²) < 4.78 is 23.9. The van der Waals surface area contributed by atoms with Crippen LogP contribution >= 0.6 is 39.7 Å². The molecule has 0 amide bonds. The molecule has 2 aromatic heterocycles. The molecule has 0 saturated heterocycles. The summed E-state index contributed by atoms with van der Waals surface area (Å²) in [6, 6.07) is 1.45. The summed E-state index contributed by atoms with van der Waals surface area (Å²) in [5.74, 6) is -0.406. The number of halogens is 3. The quantitative estimate of drug-likeness (QED) is 0.429. The van der Waals surface area contributed by atoms with Crippen molar-refractivity contribution in [1.82, 2.24) is 19.3 Å². The summed E-state index contributed by atoms with van der Waals surface area (Å²) in [5.41, 5.74) is 3.12. The molecule has 28 heavy (non-hydrogen) atoms. The lowest BCUT2D eigenvalue weighted by Gasteiger charge is -2.17. The van der Waals surface area contributed by atoms with Crippen molar-refractivity contribution in [2.45, 2.75) is 39.0 Å². The second kappa shape index (κ2) is 7.27. The van der Waals surface area contributed by atoms with Gasteiger partial charge in [-0.2, -0.15) is 5.10 Å². The molecule has 1 unspecified atom stereocenters. The average molecular weight is 488 g/mol. The van der Waals surface area contributed by atoms with Crippen LogP contribution in [0.15, 0.2) is 16.7 Å². The summed E-state index contributed by atoms with van der Waals surface area (Å²) in [6.07, 6.45) is 1.13. The normalized spacial score (nSPS) is 17.1. The number of hydrogen-bond donors (Lipinski definition) is 1. The fourth-order valence-corrected chi connectivity index (χ4v) is 4.64. The van der Waals surface area contributed by atoms with E-state index in [4.69, 9.17) is 28.6 Å². The molecular formula is C18H17BrClFN4O2S. The number of carbonyl (C=O) groups is 1. The van der Waals surface area contributed by atoms with Gasteiger partial charge in [0.25, 0.3) is 0 Å². The van der Waals surface area contributed by atoms with Crippen LogP contribution in [-0.4, -0.2) is 38.1 Å². The molecule has 0 radical (unpaired) electrons. The van der Waals surface area contributed by atoms with E-state index in [0.29, 0.717) is 21.0 Å². The molecule has 0 aliphatic carbocycles. The summed E-state index contributed by atoms with van der Waals surface area (Å²) in [6.45, 7) is 3.58. The van der Waals surface area contributed by atoms with E-state index in [1.54, 1.807) is 9.25 Å². The zero-order valence-electron chi connectivity index (χ0n) is 15.1. The number of nitrogens with zero attached hydrogens (tertiary/aromatic N) is 3. The van der Waals surface area contributed by atoms with Crippen molar-refractivity contribution in [3.05, 3.63) is 43.5 Å². The van der Waals surface area contributed by atoms with Gasteiger partial charge in [-0.15, -0.1) is 0 Å². The summed E-state index contributed by atoms with van der Waals surface area (Å²) in [4.78, 5) is 14.6. The van der Waals surface area contributed by atoms with Gasteiger partial charge in [0, 0.05) is 35.1 Å². The number of imidazole rings is 1. The van der Waals surface area contributed by atoms with Crippen molar-refractivity contribution in [3.8, 4) is 0 Å². The molecule has 6 nitrogen and oxygen atoms in total. The Balaban J connectivity index is 1.87. The van der Waals surface area contributed by atoms with Crippen LogP contribution in [0.3, 0.4) is 0 Å². The number of aromatic amines is 1. The molecule has 148 valence electrons. The monoisotopic (exact) mass is 486 g/mol. The highest BCUT2D eigenvalue weighted by molar-refractivity contribution is 9.10. The van der Waals surface area contributed by atoms with E-state index >= 15 is 0 Å². The number of benzene rings is 1.